The van der Waals surface area contributed by atoms with Crippen LogP contribution in [0.2, 0.25) is 0 Å². The van der Waals surface area contributed by atoms with Crippen molar-refractivity contribution in [2.45, 2.75) is 0 Å². The van der Waals surface area contributed by atoms with E-state index in [9.17, 15) is 14.2 Å². The Morgan fingerprint density at radius 3 is 1.23 bits per heavy atom. The van der Waals surface area contributed by atoms with E-state index in [-0.39, 0.29) is 23.1 Å². The Balaban J connectivity index is 1.46. The van der Waals surface area contributed by atoms with E-state index in [2.05, 4.69) is 4.89 Å². The molecular weight excluding hydrogens is 467 g/mol. The van der Waals surface area contributed by atoms with Gasteiger partial charge < -0.3 is 9.05 Å². The summed E-state index contributed by atoms with van der Waals surface area (Å²) in [6.07, 6.45) is 0. The van der Waals surface area contributed by atoms with Gasteiger partial charge in [-0.1, -0.05) is 60.7 Å². The highest BCUT2D eigenvalue weighted by atomic mass is 31.2. The van der Waals surface area contributed by atoms with Crippen LogP contribution in [-0.2, 0) is 14.1 Å². The second kappa shape index (κ2) is 10.9. The van der Waals surface area contributed by atoms with Gasteiger partial charge in [-0.05, 0) is 48.5 Å². The lowest BCUT2D eigenvalue weighted by Crippen LogP contribution is -2.06. The van der Waals surface area contributed by atoms with Crippen molar-refractivity contribution in [2.24, 2.45) is 0 Å². The molecule has 0 bridgehead atoms. The van der Waals surface area contributed by atoms with Gasteiger partial charge in [-0.25, -0.2) is 9.45 Å². The number of ketones is 2. The Morgan fingerprint density at radius 2 is 0.886 bits per heavy atom. The minimum Gasteiger partial charge on any atom is -0.394 e. The molecule has 0 saturated carbocycles. The molecule has 0 radical (unpaired) electrons. The number of carbonyl (C=O) groups is 2. The molecule has 8 heteroatoms. The fourth-order valence-electron chi connectivity index (χ4n) is 3.25. The van der Waals surface area contributed by atoms with Crippen molar-refractivity contribution in [3.63, 3.8) is 0 Å². The van der Waals surface area contributed by atoms with Crippen LogP contribution < -0.4 is 9.05 Å². The summed E-state index contributed by atoms with van der Waals surface area (Å²) in [7, 11) is -3.08. The Hall–Kier alpha value is -4.03. The number of phosphoric acid groups is 1. The summed E-state index contributed by atoms with van der Waals surface area (Å²) in [6.45, 7) is 0. The average Bonchev–Trinajstić information content (AvgIpc) is 2.90. The van der Waals surface area contributed by atoms with Crippen molar-refractivity contribution < 1.29 is 32.8 Å². The second-order valence-corrected chi connectivity index (χ2v) is 8.72. The zero-order valence-electron chi connectivity index (χ0n) is 18.7. The predicted octanol–water partition coefficient (Wildman–Crippen LogP) is 6.29. The van der Waals surface area contributed by atoms with E-state index in [1.165, 1.54) is 31.4 Å². The van der Waals surface area contributed by atoms with Crippen LogP contribution in [0.25, 0.3) is 0 Å². The lowest BCUT2D eigenvalue weighted by molar-refractivity contribution is -0.192. The van der Waals surface area contributed by atoms with Gasteiger partial charge >= 0.3 is 7.82 Å². The molecule has 4 rings (SSSR count). The number of benzene rings is 4. The largest absolute Gasteiger partial charge is 0.615 e. The minimum atomic E-state index is -4.25. The third-order valence-electron chi connectivity index (χ3n) is 4.91. The molecule has 176 valence electrons. The van der Waals surface area contributed by atoms with Crippen LogP contribution in [0.15, 0.2) is 109 Å². The first-order chi connectivity index (χ1) is 17.0. The molecule has 0 fully saturated rings. The monoisotopic (exact) mass is 488 g/mol. The Kier molecular flexibility index (Phi) is 7.53. The van der Waals surface area contributed by atoms with Gasteiger partial charge in [0.15, 0.2) is 11.6 Å². The zero-order valence-corrected chi connectivity index (χ0v) is 19.6. The summed E-state index contributed by atoms with van der Waals surface area (Å²) in [6, 6.07) is 29.8. The summed E-state index contributed by atoms with van der Waals surface area (Å²) in [5.41, 5.74) is 1.97. The highest BCUT2D eigenvalue weighted by molar-refractivity contribution is 7.49. The van der Waals surface area contributed by atoms with Crippen LogP contribution in [0.4, 0.5) is 0 Å². The molecule has 0 saturated heterocycles. The van der Waals surface area contributed by atoms with Crippen molar-refractivity contribution in [3.8, 4) is 11.5 Å². The first-order valence-corrected chi connectivity index (χ1v) is 12.0. The van der Waals surface area contributed by atoms with E-state index in [1.54, 1.807) is 72.8 Å². The Bertz CT molecular complexity index is 1240. The molecule has 4 aromatic rings. The smallest absolute Gasteiger partial charge is 0.394 e. The summed E-state index contributed by atoms with van der Waals surface area (Å²) in [5, 5.41) is 0. The third kappa shape index (κ3) is 6.11. The number of hydrogen-bond acceptors (Lipinski definition) is 7. The molecule has 35 heavy (non-hydrogen) atoms. The van der Waals surface area contributed by atoms with Crippen LogP contribution in [0, 0.1) is 0 Å². The standard InChI is InChI=1S/C27H21O7P/c1-31-34-35(30,32-24-16-12-22(13-17-24)26(28)20-8-4-2-5-9-20)33-25-18-14-23(15-19-25)27(29)21-10-6-3-7-11-21/h2-19H,1H3. The van der Waals surface area contributed by atoms with Crippen LogP contribution in [0.5, 0.6) is 11.5 Å². The van der Waals surface area contributed by atoms with Gasteiger partial charge in [-0.3, -0.25) is 9.59 Å². The molecule has 0 spiro atoms. The maximum Gasteiger partial charge on any atom is 0.615 e. The quantitative estimate of drug-likeness (QED) is 0.112. The first kappa shape index (κ1) is 24.1. The number of phosphoric ester groups is 1. The lowest BCUT2D eigenvalue weighted by Gasteiger charge is -2.17. The predicted molar refractivity (Wildman–Crippen MR) is 130 cm³/mol. The molecule has 0 amide bonds. The van der Waals surface area contributed by atoms with E-state index in [1.807, 2.05) is 12.1 Å². The highest BCUT2D eigenvalue weighted by Gasteiger charge is 2.32. The number of rotatable bonds is 10. The Labute approximate surface area is 202 Å². The molecule has 0 atom stereocenters. The molecule has 0 unspecified atom stereocenters. The summed E-state index contributed by atoms with van der Waals surface area (Å²) >= 11 is 0. The molecule has 0 aliphatic rings. The van der Waals surface area contributed by atoms with Crippen molar-refractivity contribution in [2.75, 3.05) is 7.11 Å². The van der Waals surface area contributed by atoms with E-state index in [0.717, 1.165) is 0 Å². The molecule has 0 aliphatic carbocycles. The van der Waals surface area contributed by atoms with Crippen LogP contribution >= 0.6 is 7.82 Å². The second-order valence-electron chi connectivity index (χ2n) is 7.31. The lowest BCUT2D eigenvalue weighted by atomic mass is 10.0. The van der Waals surface area contributed by atoms with Crippen molar-refractivity contribution in [3.05, 3.63) is 131 Å². The maximum atomic E-state index is 13.1. The van der Waals surface area contributed by atoms with Crippen molar-refractivity contribution >= 4 is 19.4 Å². The fourth-order valence-corrected chi connectivity index (χ4v) is 4.29. The number of hydrogen-bond donors (Lipinski definition) is 0. The molecule has 0 heterocycles. The van der Waals surface area contributed by atoms with Gasteiger partial charge in [-0.2, -0.15) is 0 Å². The van der Waals surface area contributed by atoms with Gasteiger partial charge in [0.05, 0.1) is 7.11 Å². The highest BCUT2D eigenvalue weighted by Crippen LogP contribution is 2.49. The van der Waals surface area contributed by atoms with Gasteiger partial charge in [0.1, 0.15) is 11.5 Å². The average molecular weight is 488 g/mol. The van der Waals surface area contributed by atoms with Crippen LogP contribution in [-0.4, -0.2) is 18.7 Å². The van der Waals surface area contributed by atoms with Gasteiger partial charge in [-0.15, -0.1) is 4.67 Å². The van der Waals surface area contributed by atoms with E-state index < -0.39 is 7.82 Å². The van der Waals surface area contributed by atoms with Crippen molar-refractivity contribution in [1.29, 1.82) is 0 Å². The van der Waals surface area contributed by atoms with Gasteiger partial charge in [0, 0.05) is 22.3 Å². The molecule has 0 N–H and O–H groups in total. The van der Waals surface area contributed by atoms with Crippen LogP contribution in [0.1, 0.15) is 31.8 Å². The normalized spacial score (nSPS) is 11.0. The third-order valence-corrected chi connectivity index (χ3v) is 6.11. The summed E-state index contributed by atoms with van der Waals surface area (Å²) < 4.78 is 28.8. The topological polar surface area (TPSA) is 88.1 Å². The fraction of sp³-hybridized carbons (Fsp3) is 0.0370. The first-order valence-electron chi connectivity index (χ1n) is 10.6. The summed E-state index contributed by atoms with van der Waals surface area (Å²) in [4.78, 5) is 29.7. The number of carbonyl (C=O) groups excluding carboxylic acids is 2. The van der Waals surface area contributed by atoms with E-state index >= 15 is 0 Å². The maximum absolute atomic E-state index is 13.1. The molecule has 0 aliphatic heterocycles. The van der Waals surface area contributed by atoms with Gasteiger partial charge in [0.25, 0.3) is 0 Å². The minimum absolute atomic E-state index is 0.144. The molecule has 0 aromatic heterocycles. The zero-order chi connectivity index (χ0) is 24.7. The molecule has 7 nitrogen and oxygen atoms in total. The SMILES string of the molecule is COOP(=O)(Oc1ccc(C(=O)c2ccccc2)cc1)Oc1ccc(C(=O)c2ccccc2)cc1. The molecular formula is C27H21O7P. The van der Waals surface area contributed by atoms with Crippen LogP contribution in [0.3, 0.4) is 0 Å². The van der Waals surface area contributed by atoms with Crippen molar-refractivity contribution in [1.82, 2.24) is 0 Å². The van der Waals surface area contributed by atoms with E-state index in [0.29, 0.717) is 22.3 Å². The van der Waals surface area contributed by atoms with Gasteiger partial charge in [0.2, 0.25) is 0 Å². The van der Waals surface area contributed by atoms with E-state index in [4.69, 9.17) is 13.7 Å². The molecule has 4 aromatic carbocycles. The summed E-state index contributed by atoms with van der Waals surface area (Å²) in [5.74, 6) is -0.0264. The Morgan fingerprint density at radius 1 is 0.543 bits per heavy atom.